The van der Waals surface area contributed by atoms with Crippen molar-refractivity contribution in [2.24, 2.45) is 11.8 Å². The van der Waals surface area contributed by atoms with Gasteiger partial charge in [0.05, 0.1) is 0 Å². The molecule has 31 heavy (non-hydrogen) atoms. The molecule has 164 valence electrons. The standard InChI is InChI=1S/C25H32N4O2/c1-18-4-3-5-22(16-18)29-14-12-28(13-15-29)11-10-26-24(30)20-6-8-21(9-7-20)27-25(31)23-17-19(23)2/h3-9,16,19,23H,10-15,17H2,1-2H3,(H,26,30)(H,27,31). The zero-order valence-electron chi connectivity index (χ0n) is 18.4. The lowest BCUT2D eigenvalue weighted by molar-refractivity contribution is -0.117. The van der Waals surface area contributed by atoms with Crippen LogP contribution < -0.4 is 15.5 Å². The van der Waals surface area contributed by atoms with Gasteiger partial charge in [-0.3, -0.25) is 14.5 Å². The van der Waals surface area contributed by atoms with Crippen LogP contribution >= 0.6 is 0 Å². The van der Waals surface area contributed by atoms with Crippen LogP contribution in [0.2, 0.25) is 0 Å². The Kier molecular flexibility index (Phi) is 6.56. The largest absolute Gasteiger partial charge is 0.369 e. The number of nitrogens with zero attached hydrogens (tertiary/aromatic N) is 2. The molecule has 2 N–H and O–H groups in total. The van der Waals surface area contributed by atoms with Crippen LogP contribution in [0.1, 0.15) is 29.3 Å². The number of piperazine rings is 1. The maximum atomic E-state index is 12.4. The minimum Gasteiger partial charge on any atom is -0.369 e. The molecule has 1 aliphatic carbocycles. The molecular formula is C25H32N4O2. The lowest BCUT2D eigenvalue weighted by Crippen LogP contribution is -2.48. The molecule has 1 heterocycles. The summed E-state index contributed by atoms with van der Waals surface area (Å²) in [4.78, 5) is 29.3. The molecule has 2 aromatic rings. The van der Waals surface area contributed by atoms with E-state index in [0.717, 1.165) is 44.8 Å². The predicted octanol–water partition coefficient (Wildman–Crippen LogP) is 3.14. The van der Waals surface area contributed by atoms with E-state index in [2.05, 4.69) is 58.5 Å². The second-order valence-electron chi connectivity index (χ2n) is 8.81. The molecule has 1 saturated carbocycles. The normalized spacial score (nSPS) is 20.9. The molecule has 0 bridgehead atoms. The van der Waals surface area contributed by atoms with Crippen molar-refractivity contribution >= 4 is 23.2 Å². The van der Waals surface area contributed by atoms with Crippen LogP contribution in [0, 0.1) is 18.8 Å². The number of carbonyl (C=O) groups is 2. The first-order valence-electron chi connectivity index (χ1n) is 11.2. The molecule has 4 rings (SSSR count). The van der Waals surface area contributed by atoms with Gasteiger partial charge in [0, 0.05) is 62.1 Å². The van der Waals surface area contributed by atoms with E-state index < -0.39 is 0 Å². The van der Waals surface area contributed by atoms with Crippen molar-refractivity contribution in [2.75, 3.05) is 49.5 Å². The van der Waals surface area contributed by atoms with Crippen LogP contribution in [0.15, 0.2) is 48.5 Å². The van der Waals surface area contributed by atoms with Gasteiger partial charge < -0.3 is 15.5 Å². The second kappa shape index (κ2) is 9.52. The number of hydrogen-bond donors (Lipinski definition) is 2. The predicted molar refractivity (Wildman–Crippen MR) is 125 cm³/mol. The first kappa shape index (κ1) is 21.4. The summed E-state index contributed by atoms with van der Waals surface area (Å²) in [7, 11) is 0. The number of nitrogens with one attached hydrogen (secondary N) is 2. The molecule has 2 fully saturated rings. The van der Waals surface area contributed by atoms with Crippen LogP contribution in [0.4, 0.5) is 11.4 Å². The number of aryl methyl sites for hydroxylation is 1. The topological polar surface area (TPSA) is 64.7 Å². The van der Waals surface area contributed by atoms with Gasteiger partial charge in [0.2, 0.25) is 5.91 Å². The monoisotopic (exact) mass is 420 g/mol. The third-order valence-corrected chi connectivity index (χ3v) is 6.31. The Labute approximate surface area is 184 Å². The first-order valence-corrected chi connectivity index (χ1v) is 11.2. The lowest BCUT2D eigenvalue weighted by atomic mass is 10.2. The van der Waals surface area contributed by atoms with Crippen molar-refractivity contribution in [2.45, 2.75) is 20.3 Å². The minimum atomic E-state index is -0.0768. The fourth-order valence-corrected chi connectivity index (χ4v) is 4.11. The first-order chi connectivity index (χ1) is 15.0. The highest BCUT2D eigenvalue weighted by molar-refractivity contribution is 5.96. The Bertz CT molecular complexity index is 919. The highest BCUT2D eigenvalue weighted by Crippen LogP contribution is 2.38. The summed E-state index contributed by atoms with van der Waals surface area (Å²) >= 11 is 0. The molecule has 2 aromatic carbocycles. The summed E-state index contributed by atoms with van der Waals surface area (Å²) in [5.41, 5.74) is 3.93. The van der Waals surface area contributed by atoms with Crippen LogP contribution in [-0.4, -0.2) is 56.0 Å². The Morgan fingerprint density at radius 3 is 2.39 bits per heavy atom. The van der Waals surface area contributed by atoms with E-state index in [1.807, 2.05) is 0 Å². The van der Waals surface area contributed by atoms with Crippen LogP contribution in [0.25, 0.3) is 0 Å². The van der Waals surface area contributed by atoms with E-state index in [0.29, 0.717) is 18.0 Å². The van der Waals surface area contributed by atoms with E-state index in [1.165, 1.54) is 11.3 Å². The van der Waals surface area contributed by atoms with Gasteiger partial charge in [0.25, 0.3) is 5.91 Å². The highest BCUT2D eigenvalue weighted by atomic mass is 16.2. The van der Waals surface area contributed by atoms with Gasteiger partial charge in [-0.25, -0.2) is 0 Å². The summed E-state index contributed by atoms with van der Waals surface area (Å²) in [6.45, 7) is 9.69. The summed E-state index contributed by atoms with van der Waals surface area (Å²) in [5, 5.41) is 5.93. The SMILES string of the molecule is Cc1cccc(N2CCN(CCNC(=O)c3ccc(NC(=O)C4CC4C)cc3)CC2)c1. The molecule has 2 unspecified atom stereocenters. The van der Waals surface area contributed by atoms with E-state index in [9.17, 15) is 9.59 Å². The minimum absolute atomic E-state index is 0.0761. The molecule has 6 nitrogen and oxygen atoms in total. The van der Waals surface area contributed by atoms with Crippen LogP contribution in [0.5, 0.6) is 0 Å². The van der Waals surface area contributed by atoms with Gasteiger partial charge in [0.1, 0.15) is 0 Å². The maximum Gasteiger partial charge on any atom is 0.251 e. The van der Waals surface area contributed by atoms with Crippen molar-refractivity contribution in [3.05, 3.63) is 59.7 Å². The molecule has 0 spiro atoms. The van der Waals surface area contributed by atoms with Crippen molar-refractivity contribution in [1.29, 1.82) is 0 Å². The summed E-state index contributed by atoms with van der Waals surface area (Å²) in [6, 6.07) is 15.8. The third-order valence-electron chi connectivity index (χ3n) is 6.31. The van der Waals surface area contributed by atoms with Gasteiger partial charge in [-0.15, -0.1) is 0 Å². The fraction of sp³-hybridized carbons (Fsp3) is 0.440. The molecule has 2 amide bonds. The number of benzene rings is 2. The Morgan fingerprint density at radius 1 is 1.03 bits per heavy atom. The maximum absolute atomic E-state index is 12.4. The summed E-state index contributed by atoms with van der Waals surface area (Å²) < 4.78 is 0. The molecule has 2 aliphatic rings. The number of anilines is 2. The second-order valence-corrected chi connectivity index (χ2v) is 8.81. The average molecular weight is 421 g/mol. The molecule has 1 saturated heterocycles. The Hall–Kier alpha value is -2.86. The molecule has 2 atom stereocenters. The highest BCUT2D eigenvalue weighted by Gasteiger charge is 2.39. The number of hydrogen-bond acceptors (Lipinski definition) is 4. The van der Waals surface area contributed by atoms with Gasteiger partial charge >= 0.3 is 0 Å². The lowest BCUT2D eigenvalue weighted by Gasteiger charge is -2.36. The summed E-state index contributed by atoms with van der Waals surface area (Å²) in [5.74, 6) is 0.622. The van der Waals surface area contributed by atoms with Gasteiger partial charge in [-0.05, 0) is 61.2 Å². The van der Waals surface area contributed by atoms with Crippen LogP contribution in [-0.2, 0) is 4.79 Å². The van der Waals surface area contributed by atoms with Gasteiger partial charge in [0.15, 0.2) is 0 Å². The summed E-state index contributed by atoms with van der Waals surface area (Å²) in [6.07, 6.45) is 0.966. The zero-order valence-corrected chi connectivity index (χ0v) is 18.4. The molecule has 0 aromatic heterocycles. The molecule has 6 heteroatoms. The van der Waals surface area contributed by atoms with E-state index in [4.69, 9.17) is 0 Å². The molecular weight excluding hydrogens is 388 g/mol. The van der Waals surface area contributed by atoms with Crippen LogP contribution in [0.3, 0.4) is 0 Å². The van der Waals surface area contributed by atoms with Crippen molar-refractivity contribution < 1.29 is 9.59 Å². The number of rotatable bonds is 7. The fourth-order valence-electron chi connectivity index (χ4n) is 4.11. The van der Waals surface area contributed by atoms with E-state index >= 15 is 0 Å². The Morgan fingerprint density at radius 2 is 1.74 bits per heavy atom. The molecule has 1 aliphatic heterocycles. The van der Waals surface area contributed by atoms with Gasteiger partial charge in [-0.1, -0.05) is 19.1 Å². The van der Waals surface area contributed by atoms with Crippen molar-refractivity contribution in [1.82, 2.24) is 10.2 Å². The smallest absolute Gasteiger partial charge is 0.251 e. The van der Waals surface area contributed by atoms with Crippen molar-refractivity contribution in [3.63, 3.8) is 0 Å². The quantitative estimate of drug-likeness (QED) is 0.722. The molecule has 0 radical (unpaired) electrons. The average Bonchev–Trinajstić information content (AvgIpc) is 3.51. The third kappa shape index (κ3) is 5.64. The number of carbonyl (C=O) groups excluding carboxylic acids is 2. The van der Waals surface area contributed by atoms with E-state index in [1.54, 1.807) is 24.3 Å². The zero-order chi connectivity index (χ0) is 21.8. The van der Waals surface area contributed by atoms with E-state index in [-0.39, 0.29) is 17.7 Å². The Balaban J connectivity index is 1.17. The number of amides is 2. The van der Waals surface area contributed by atoms with Gasteiger partial charge in [-0.2, -0.15) is 0 Å². The van der Waals surface area contributed by atoms with Crippen molar-refractivity contribution in [3.8, 4) is 0 Å².